The molecule has 6 heteroatoms. The van der Waals surface area contributed by atoms with Crippen LogP contribution in [0.1, 0.15) is 11.4 Å². The zero-order chi connectivity index (χ0) is 15.5. The van der Waals surface area contributed by atoms with Gasteiger partial charge in [-0.3, -0.25) is 14.6 Å². The maximum absolute atomic E-state index is 11.0. The van der Waals surface area contributed by atoms with E-state index in [4.69, 9.17) is 10.7 Å². The van der Waals surface area contributed by atoms with Gasteiger partial charge in [0.1, 0.15) is 0 Å². The van der Waals surface area contributed by atoms with Gasteiger partial charge >= 0.3 is 0 Å². The van der Waals surface area contributed by atoms with Crippen LogP contribution < -0.4 is 5.73 Å². The number of piperazine rings is 1. The Balaban J connectivity index is 1.67. The molecule has 1 aliphatic rings. The Bertz CT molecular complexity index is 679. The van der Waals surface area contributed by atoms with Crippen molar-refractivity contribution >= 4 is 16.9 Å². The largest absolute Gasteiger partial charge is 0.369 e. The number of aryl methyl sites for hydroxylation is 1. The quantitative estimate of drug-likeness (QED) is 0.892. The van der Waals surface area contributed by atoms with Crippen LogP contribution >= 0.6 is 0 Å². The number of rotatable bonds is 4. The third-order valence-electron chi connectivity index (χ3n) is 4.06. The Morgan fingerprint density at radius 2 is 1.68 bits per heavy atom. The first-order valence-electron chi connectivity index (χ1n) is 7.57. The van der Waals surface area contributed by atoms with Gasteiger partial charge < -0.3 is 5.73 Å². The van der Waals surface area contributed by atoms with E-state index in [0.29, 0.717) is 6.54 Å². The molecular formula is C16H21N5O. The maximum Gasteiger partial charge on any atom is 0.231 e. The lowest BCUT2D eigenvalue weighted by Gasteiger charge is -2.33. The molecule has 0 atom stereocenters. The fourth-order valence-corrected chi connectivity index (χ4v) is 2.81. The molecular weight excluding hydrogens is 278 g/mol. The molecule has 1 aromatic carbocycles. The van der Waals surface area contributed by atoms with Crippen LogP contribution in [0.2, 0.25) is 0 Å². The van der Waals surface area contributed by atoms with Crippen molar-refractivity contribution in [3.63, 3.8) is 0 Å². The Kier molecular flexibility index (Phi) is 4.31. The highest BCUT2D eigenvalue weighted by atomic mass is 16.1. The van der Waals surface area contributed by atoms with Crippen molar-refractivity contribution in [1.82, 2.24) is 19.8 Å². The first-order chi connectivity index (χ1) is 10.6. The van der Waals surface area contributed by atoms with Gasteiger partial charge in [-0.05, 0) is 19.1 Å². The number of carbonyl (C=O) groups is 1. The van der Waals surface area contributed by atoms with E-state index in [9.17, 15) is 4.79 Å². The Morgan fingerprint density at radius 3 is 2.32 bits per heavy atom. The van der Waals surface area contributed by atoms with Gasteiger partial charge in [0.25, 0.3) is 0 Å². The molecule has 0 saturated carbocycles. The zero-order valence-electron chi connectivity index (χ0n) is 12.8. The molecule has 1 aromatic heterocycles. The number of nitrogens with two attached hydrogens (primary N) is 1. The molecule has 0 radical (unpaired) electrons. The van der Waals surface area contributed by atoms with Crippen molar-refractivity contribution < 1.29 is 4.79 Å². The van der Waals surface area contributed by atoms with Gasteiger partial charge in [-0.1, -0.05) is 12.1 Å². The van der Waals surface area contributed by atoms with E-state index in [1.165, 1.54) is 0 Å². The zero-order valence-corrected chi connectivity index (χ0v) is 12.8. The number of hydrogen-bond donors (Lipinski definition) is 1. The highest BCUT2D eigenvalue weighted by molar-refractivity contribution is 5.76. The van der Waals surface area contributed by atoms with E-state index < -0.39 is 0 Å². The van der Waals surface area contributed by atoms with Crippen LogP contribution in [0.4, 0.5) is 0 Å². The van der Waals surface area contributed by atoms with Crippen molar-refractivity contribution in [3.05, 3.63) is 35.7 Å². The number of primary amides is 1. The van der Waals surface area contributed by atoms with Gasteiger partial charge in [-0.15, -0.1) is 0 Å². The summed E-state index contributed by atoms with van der Waals surface area (Å²) in [7, 11) is 0. The smallest absolute Gasteiger partial charge is 0.231 e. The fraction of sp³-hybridized carbons (Fsp3) is 0.438. The van der Waals surface area contributed by atoms with Crippen molar-refractivity contribution in [2.45, 2.75) is 13.5 Å². The number of amides is 1. The second-order valence-corrected chi connectivity index (χ2v) is 5.76. The molecule has 0 bridgehead atoms. The van der Waals surface area contributed by atoms with Gasteiger partial charge in [0, 0.05) is 32.7 Å². The van der Waals surface area contributed by atoms with Crippen molar-refractivity contribution in [1.29, 1.82) is 0 Å². The van der Waals surface area contributed by atoms with Gasteiger partial charge in [0.2, 0.25) is 5.91 Å². The molecule has 3 rings (SSSR count). The minimum absolute atomic E-state index is 0.260. The predicted octanol–water partition coefficient (Wildman–Crippen LogP) is 0.541. The van der Waals surface area contributed by atoms with E-state index in [2.05, 4.69) is 14.8 Å². The van der Waals surface area contributed by atoms with Crippen LogP contribution in [0.3, 0.4) is 0 Å². The minimum Gasteiger partial charge on any atom is -0.369 e. The maximum atomic E-state index is 11.0. The molecule has 0 unspecified atom stereocenters. The van der Waals surface area contributed by atoms with Crippen LogP contribution in [0, 0.1) is 6.92 Å². The molecule has 0 spiro atoms. The average Bonchev–Trinajstić information content (AvgIpc) is 2.49. The lowest BCUT2D eigenvalue weighted by atomic mass is 10.2. The number of hydrogen-bond acceptors (Lipinski definition) is 5. The van der Waals surface area contributed by atoms with Crippen molar-refractivity contribution in [3.8, 4) is 0 Å². The van der Waals surface area contributed by atoms with Gasteiger partial charge in [0.05, 0.1) is 29.0 Å². The standard InChI is InChI=1S/C16H21N5O/c1-12-15(19-14-5-3-2-4-13(14)18-12)10-20-6-8-21(9-7-20)11-16(17)22/h2-5H,6-11H2,1H3,(H2,17,22). The number of nitrogens with zero attached hydrogens (tertiary/aromatic N) is 4. The van der Waals surface area contributed by atoms with Crippen molar-refractivity contribution in [2.24, 2.45) is 5.73 Å². The summed E-state index contributed by atoms with van der Waals surface area (Å²) < 4.78 is 0. The van der Waals surface area contributed by atoms with Crippen LogP contribution in [-0.2, 0) is 11.3 Å². The molecule has 1 fully saturated rings. The Morgan fingerprint density at radius 1 is 1.09 bits per heavy atom. The van der Waals surface area contributed by atoms with Crippen LogP contribution in [0.5, 0.6) is 0 Å². The normalized spacial score (nSPS) is 17.0. The third-order valence-corrected chi connectivity index (χ3v) is 4.06. The molecule has 116 valence electrons. The van der Waals surface area contributed by atoms with Crippen molar-refractivity contribution in [2.75, 3.05) is 32.7 Å². The average molecular weight is 299 g/mol. The number of carbonyl (C=O) groups excluding carboxylic acids is 1. The second-order valence-electron chi connectivity index (χ2n) is 5.76. The number of fused-ring (bicyclic) bond motifs is 1. The summed E-state index contributed by atoms with van der Waals surface area (Å²) in [5.74, 6) is -0.260. The molecule has 1 aliphatic heterocycles. The first-order valence-corrected chi connectivity index (χ1v) is 7.57. The van der Waals surface area contributed by atoms with E-state index >= 15 is 0 Å². The Hall–Kier alpha value is -2.05. The van der Waals surface area contributed by atoms with E-state index in [1.54, 1.807) is 0 Å². The number of aromatic nitrogens is 2. The second kappa shape index (κ2) is 6.37. The minimum atomic E-state index is -0.260. The highest BCUT2D eigenvalue weighted by Gasteiger charge is 2.19. The predicted molar refractivity (Wildman–Crippen MR) is 85.2 cm³/mol. The summed E-state index contributed by atoms with van der Waals surface area (Å²) in [5.41, 5.74) is 9.14. The summed E-state index contributed by atoms with van der Waals surface area (Å²) in [5, 5.41) is 0. The first kappa shape index (κ1) is 14.9. The van der Waals surface area contributed by atoms with Gasteiger partial charge in [-0.25, -0.2) is 9.97 Å². The SMILES string of the molecule is Cc1nc2ccccc2nc1CN1CCN(CC(N)=O)CC1. The van der Waals surface area contributed by atoms with E-state index in [-0.39, 0.29) is 5.91 Å². The fourth-order valence-electron chi connectivity index (χ4n) is 2.81. The molecule has 1 saturated heterocycles. The molecule has 2 aromatic rings. The van der Waals surface area contributed by atoms with Crippen LogP contribution in [0.25, 0.3) is 11.0 Å². The van der Waals surface area contributed by atoms with Gasteiger partial charge in [0.15, 0.2) is 0 Å². The molecule has 22 heavy (non-hydrogen) atoms. The monoisotopic (exact) mass is 299 g/mol. The summed E-state index contributed by atoms with van der Waals surface area (Å²) in [6.45, 7) is 6.73. The summed E-state index contributed by atoms with van der Waals surface area (Å²) in [6, 6.07) is 7.95. The highest BCUT2D eigenvalue weighted by Crippen LogP contribution is 2.14. The number of para-hydroxylation sites is 2. The Labute approximate surface area is 129 Å². The molecule has 2 heterocycles. The molecule has 6 nitrogen and oxygen atoms in total. The topological polar surface area (TPSA) is 75.3 Å². The molecule has 1 amide bonds. The summed E-state index contributed by atoms with van der Waals surface area (Å²) in [6.07, 6.45) is 0. The number of benzene rings is 1. The van der Waals surface area contributed by atoms with Crippen LogP contribution in [-0.4, -0.2) is 58.4 Å². The van der Waals surface area contributed by atoms with Crippen LogP contribution in [0.15, 0.2) is 24.3 Å². The lowest BCUT2D eigenvalue weighted by molar-refractivity contribution is -0.119. The molecule has 2 N–H and O–H groups in total. The third kappa shape index (κ3) is 3.40. The molecule has 0 aliphatic carbocycles. The van der Waals surface area contributed by atoms with Gasteiger partial charge in [-0.2, -0.15) is 0 Å². The summed E-state index contributed by atoms with van der Waals surface area (Å²) >= 11 is 0. The summed E-state index contributed by atoms with van der Waals surface area (Å²) in [4.78, 5) is 24.8. The van der Waals surface area contributed by atoms with E-state index in [0.717, 1.165) is 55.1 Å². The van der Waals surface area contributed by atoms with E-state index in [1.807, 2.05) is 31.2 Å². The lowest BCUT2D eigenvalue weighted by Crippen LogP contribution is -2.48.